The molecule has 1 aliphatic rings. The molecule has 1 aromatic heterocycles. The number of rotatable bonds is 3. The Balaban J connectivity index is 1.93. The molecule has 0 spiro atoms. The first-order valence-electron chi connectivity index (χ1n) is 6.06. The monoisotopic (exact) mass is 220 g/mol. The van der Waals surface area contributed by atoms with E-state index in [1.54, 1.807) is 0 Å². The van der Waals surface area contributed by atoms with Gasteiger partial charge >= 0.3 is 0 Å². The SMILES string of the molecule is CC(C)c1ccc(NC2CCNCC2)nn1. The molecule has 4 heteroatoms. The number of aromatic nitrogens is 2. The van der Waals surface area contributed by atoms with E-state index < -0.39 is 0 Å². The number of anilines is 1. The molecule has 0 aliphatic carbocycles. The van der Waals surface area contributed by atoms with Gasteiger partial charge in [0.1, 0.15) is 5.82 Å². The standard InChI is InChI=1S/C12H20N4/c1-9(2)11-3-4-12(16-15-11)14-10-5-7-13-8-6-10/h3-4,9-10,13H,5-8H2,1-2H3,(H,14,16). The van der Waals surface area contributed by atoms with E-state index in [1.165, 1.54) is 0 Å². The first-order chi connectivity index (χ1) is 7.75. The van der Waals surface area contributed by atoms with Crippen molar-refractivity contribution in [2.24, 2.45) is 0 Å². The quantitative estimate of drug-likeness (QED) is 0.815. The van der Waals surface area contributed by atoms with Gasteiger partial charge in [0.2, 0.25) is 0 Å². The highest BCUT2D eigenvalue weighted by molar-refractivity contribution is 5.34. The Hall–Kier alpha value is -1.16. The van der Waals surface area contributed by atoms with Crippen molar-refractivity contribution in [3.05, 3.63) is 17.8 Å². The molecule has 2 rings (SSSR count). The zero-order valence-electron chi connectivity index (χ0n) is 10.0. The van der Waals surface area contributed by atoms with Crippen LogP contribution in [0.5, 0.6) is 0 Å². The summed E-state index contributed by atoms with van der Waals surface area (Å²) in [5, 5.41) is 15.2. The molecule has 2 heterocycles. The molecule has 0 saturated carbocycles. The fraction of sp³-hybridized carbons (Fsp3) is 0.667. The highest BCUT2D eigenvalue weighted by atomic mass is 15.2. The van der Waals surface area contributed by atoms with Gasteiger partial charge in [-0.05, 0) is 44.0 Å². The lowest BCUT2D eigenvalue weighted by Gasteiger charge is -2.23. The second-order valence-corrected chi connectivity index (χ2v) is 4.67. The van der Waals surface area contributed by atoms with Crippen LogP contribution in [-0.2, 0) is 0 Å². The fourth-order valence-corrected chi connectivity index (χ4v) is 1.90. The van der Waals surface area contributed by atoms with E-state index in [1.807, 2.05) is 6.07 Å². The molecule has 2 N–H and O–H groups in total. The van der Waals surface area contributed by atoms with Crippen molar-refractivity contribution in [2.45, 2.75) is 38.6 Å². The van der Waals surface area contributed by atoms with E-state index in [9.17, 15) is 0 Å². The second kappa shape index (κ2) is 5.25. The summed E-state index contributed by atoms with van der Waals surface area (Å²) in [7, 11) is 0. The lowest BCUT2D eigenvalue weighted by molar-refractivity contribution is 0.477. The highest BCUT2D eigenvalue weighted by Gasteiger charge is 2.13. The maximum atomic E-state index is 4.22. The average molecular weight is 220 g/mol. The van der Waals surface area contributed by atoms with Crippen LogP contribution in [0.25, 0.3) is 0 Å². The first kappa shape index (κ1) is 11.3. The van der Waals surface area contributed by atoms with Gasteiger partial charge in [0, 0.05) is 6.04 Å². The van der Waals surface area contributed by atoms with Crippen LogP contribution < -0.4 is 10.6 Å². The van der Waals surface area contributed by atoms with Crippen molar-refractivity contribution in [1.29, 1.82) is 0 Å². The van der Waals surface area contributed by atoms with Crippen LogP contribution in [0.2, 0.25) is 0 Å². The molecule has 0 unspecified atom stereocenters. The summed E-state index contributed by atoms with van der Waals surface area (Å²) in [5.41, 5.74) is 1.05. The molecule has 1 aromatic rings. The van der Waals surface area contributed by atoms with Gasteiger partial charge in [-0.1, -0.05) is 13.8 Å². The molecule has 1 saturated heterocycles. The number of nitrogens with zero attached hydrogens (tertiary/aromatic N) is 2. The van der Waals surface area contributed by atoms with Crippen LogP contribution >= 0.6 is 0 Å². The van der Waals surface area contributed by atoms with Crippen LogP contribution in [0.15, 0.2) is 12.1 Å². The maximum Gasteiger partial charge on any atom is 0.148 e. The summed E-state index contributed by atoms with van der Waals surface area (Å²) in [5.74, 6) is 1.34. The zero-order valence-corrected chi connectivity index (χ0v) is 10.0. The Bertz CT molecular complexity index is 314. The predicted octanol–water partition coefficient (Wildman–Crippen LogP) is 1.76. The Morgan fingerprint density at radius 2 is 2.00 bits per heavy atom. The van der Waals surface area contributed by atoms with E-state index in [0.29, 0.717) is 12.0 Å². The highest BCUT2D eigenvalue weighted by Crippen LogP contribution is 2.14. The van der Waals surface area contributed by atoms with Gasteiger partial charge in [-0.25, -0.2) is 0 Å². The third-order valence-electron chi connectivity index (χ3n) is 2.97. The van der Waals surface area contributed by atoms with Gasteiger partial charge < -0.3 is 10.6 Å². The molecule has 0 radical (unpaired) electrons. The third-order valence-corrected chi connectivity index (χ3v) is 2.97. The van der Waals surface area contributed by atoms with Crippen molar-refractivity contribution in [2.75, 3.05) is 18.4 Å². The first-order valence-corrected chi connectivity index (χ1v) is 6.06. The van der Waals surface area contributed by atoms with Crippen molar-refractivity contribution in [1.82, 2.24) is 15.5 Å². The molecular weight excluding hydrogens is 200 g/mol. The summed E-state index contributed by atoms with van der Waals surface area (Å²) in [6, 6.07) is 4.63. The molecule has 16 heavy (non-hydrogen) atoms. The van der Waals surface area contributed by atoms with Crippen LogP contribution in [0.3, 0.4) is 0 Å². The van der Waals surface area contributed by atoms with E-state index >= 15 is 0 Å². The number of piperidine rings is 1. The lowest BCUT2D eigenvalue weighted by atomic mass is 10.1. The Morgan fingerprint density at radius 3 is 2.56 bits per heavy atom. The topological polar surface area (TPSA) is 49.8 Å². The Morgan fingerprint density at radius 1 is 1.25 bits per heavy atom. The van der Waals surface area contributed by atoms with Crippen LogP contribution in [0.4, 0.5) is 5.82 Å². The smallest absolute Gasteiger partial charge is 0.148 e. The summed E-state index contributed by atoms with van der Waals surface area (Å²) >= 11 is 0. The molecule has 0 bridgehead atoms. The minimum Gasteiger partial charge on any atom is -0.366 e. The molecule has 1 aliphatic heterocycles. The third kappa shape index (κ3) is 2.92. The predicted molar refractivity (Wildman–Crippen MR) is 65.6 cm³/mol. The number of hydrogen-bond acceptors (Lipinski definition) is 4. The summed E-state index contributed by atoms with van der Waals surface area (Å²) in [6.07, 6.45) is 2.32. The van der Waals surface area contributed by atoms with Crippen LogP contribution in [0.1, 0.15) is 38.3 Å². The summed E-state index contributed by atoms with van der Waals surface area (Å²) in [4.78, 5) is 0. The normalized spacial score (nSPS) is 17.7. The summed E-state index contributed by atoms with van der Waals surface area (Å²) < 4.78 is 0. The van der Waals surface area contributed by atoms with Crippen molar-refractivity contribution >= 4 is 5.82 Å². The minimum atomic E-state index is 0.445. The molecule has 0 atom stereocenters. The van der Waals surface area contributed by atoms with E-state index in [0.717, 1.165) is 37.4 Å². The van der Waals surface area contributed by atoms with E-state index in [-0.39, 0.29) is 0 Å². The fourth-order valence-electron chi connectivity index (χ4n) is 1.90. The van der Waals surface area contributed by atoms with Gasteiger partial charge in [0.15, 0.2) is 0 Å². The van der Waals surface area contributed by atoms with E-state index in [2.05, 4.69) is 40.7 Å². The molecule has 88 valence electrons. The van der Waals surface area contributed by atoms with E-state index in [4.69, 9.17) is 0 Å². The lowest BCUT2D eigenvalue weighted by Crippen LogP contribution is -2.35. The largest absolute Gasteiger partial charge is 0.366 e. The Labute approximate surface area is 96.9 Å². The van der Waals surface area contributed by atoms with Gasteiger partial charge in [-0.2, -0.15) is 5.10 Å². The van der Waals surface area contributed by atoms with Crippen molar-refractivity contribution < 1.29 is 0 Å². The molecule has 4 nitrogen and oxygen atoms in total. The molecule has 0 aromatic carbocycles. The summed E-state index contributed by atoms with van der Waals surface area (Å²) in [6.45, 7) is 6.44. The van der Waals surface area contributed by atoms with Crippen LogP contribution in [0, 0.1) is 0 Å². The molecule has 0 amide bonds. The minimum absolute atomic E-state index is 0.445. The van der Waals surface area contributed by atoms with Gasteiger partial charge in [-0.15, -0.1) is 5.10 Å². The zero-order chi connectivity index (χ0) is 11.4. The van der Waals surface area contributed by atoms with Gasteiger partial charge in [0.25, 0.3) is 0 Å². The average Bonchev–Trinajstić information content (AvgIpc) is 2.31. The van der Waals surface area contributed by atoms with Gasteiger partial charge in [0.05, 0.1) is 5.69 Å². The van der Waals surface area contributed by atoms with Crippen molar-refractivity contribution in [3.8, 4) is 0 Å². The molecular formula is C12H20N4. The molecule has 1 fully saturated rings. The van der Waals surface area contributed by atoms with Crippen LogP contribution in [-0.4, -0.2) is 29.3 Å². The number of nitrogens with one attached hydrogen (secondary N) is 2. The van der Waals surface area contributed by atoms with Gasteiger partial charge in [-0.3, -0.25) is 0 Å². The Kier molecular flexibility index (Phi) is 3.72. The number of hydrogen-bond donors (Lipinski definition) is 2. The maximum absolute atomic E-state index is 4.22. The van der Waals surface area contributed by atoms with Crippen molar-refractivity contribution in [3.63, 3.8) is 0 Å². The second-order valence-electron chi connectivity index (χ2n) is 4.67.